The monoisotopic (exact) mass is 410 g/mol. The summed E-state index contributed by atoms with van der Waals surface area (Å²) in [6.07, 6.45) is 0. The van der Waals surface area contributed by atoms with Gasteiger partial charge in [0.2, 0.25) is 11.0 Å². The summed E-state index contributed by atoms with van der Waals surface area (Å²) < 4.78 is 5.43. The fourth-order valence-electron chi connectivity index (χ4n) is 2.53. The first-order valence-corrected chi connectivity index (χ1v) is 9.38. The van der Waals surface area contributed by atoms with Crippen molar-refractivity contribution in [2.75, 3.05) is 28.2 Å². The molecule has 0 saturated heterocycles. The zero-order valence-corrected chi connectivity index (χ0v) is 18.0. The van der Waals surface area contributed by atoms with Crippen LogP contribution >= 0.6 is 0 Å². The van der Waals surface area contributed by atoms with E-state index in [1.807, 2.05) is 93.7 Å². The van der Waals surface area contributed by atoms with E-state index >= 15 is 0 Å². The first-order valence-electron chi connectivity index (χ1n) is 9.38. The minimum atomic E-state index is 0.582. The lowest BCUT2D eigenvalue weighted by Gasteiger charge is -2.00. The molecule has 0 amide bonds. The fraction of sp³-hybridized carbons (Fsp3) is 0.300. The van der Waals surface area contributed by atoms with Gasteiger partial charge in [-0.15, -0.1) is 9.94 Å². The summed E-state index contributed by atoms with van der Waals surface area (Å²) in [5, 5.41) is 23.3. The Morgan fingerprint density at radius 3 is 2.23 bits per heavy atom. The number of hydrogen-bond donors (Lipinski definition) is 0. The van der Waals surface area contributed by atoms with Crippen molar-refractivity contribution < 1.29 is 18.8 Å². The van der Waals surface area contributed by atoms with Gasteiger partial charge in [-0.05, 0) is 29.5 Å². The van der Waals surface area contributed by atoms with Gasteiger partial charge in [-0.3, -0.25) is 9.41 Å². The third-order valence-corrected chi connectivity index (χ3v) is 4.61. The maximum atomic E-state index is 11.5. The topological polar surface area (TPSA) is 90.7 Å². The molecule has 10 heteroatoms. The molecule has 0 unspecified atom stereocenters. The molecule has 0 radical (unpaired) electrons. The second-order valence-corrected chi connectivity index (χ2v) is 7.06. The van der Waals surface area contributed by atoms with Gasteiger partial charge in [0.05, 0.1) is 21.0 Å². The minimum Gasteiger partial charge on any atom is -0.691 e. The van der Waals surface area contributed by atoms with E-state index in [9.17, 15) is 5.21 Å². The van der Waals surface area contributed by atoms with Crippen LogP contribution in [0.2, 0.25) is 0 Å². The highest BCUT2D eigenvalue weighted by atomic mass is 16.7. The normalized spacial score (nSPS) is 10.5. The molecule has 2 heterocycles. The van der Waals surface area contributed by atoms with Crippen LogP contribution in [-0.4, -0.2) is 74.1 Å². The van der Waals surface area contributed by atoms with Gasteiger partial charge in [-0.2, -0.15) is 0 Å². The van der Waals surface area contributed by atoms with Gasteiger partial charge in [0.1, 0.15) is 30.3 Å². The van der Waals surface area contributed by atoms with E-state index in [-0.39, 0.29) is 0 Å². The zero-order valence-electron chi connectivity index (χ0n) is 18.0. The van der Waals surface area contributed by atoms with E-state index in [0.29, 0.717) is 10.4 Å². The Labute approximate surface area is 174 Å². The summed E-state index contributed by atoms with van der Waals surface area (Å²) in [6.45, 7) is 3.79. The standard InChI is InChI=1S/2C10H13N4O/c1-8(12(2)3)13-9-6-4-5-7-10(9)14(15)11-13;1-8(13(2)3)15-14-10-7-5-4-6-9(10)11-12-14/h2*4-7H,1-3H3/q2*+1. The molecule has 10 nitrogen and oxygen atoms in total. The lowest BCUT2D eigenvalue weighted by atomic mass is 10.3. The molecule has 0 saturated carbocycles. The van der Waals surface area contributed by atoms with Gasteiger partial charge >= 0.3 is 5.90 Å². The number of nitrogens with zero attached hydrogens (tertiary/aromatic N) is 8. The van der Waals surface area contributed by atoms with Gasteiger partial charge in [-0.25, -0.2) is 4.58 Å². The van der Waals surface area contributed by atoms with Crippen molar-refractivity contribution in [1.29, 1.82) is 0 Å². The smallest absolute Gasteiger partial charge is 0.360 e. The molecular formula is C20H26N8O2+2. The lowest BCUT2D eigenvalue weighted by Crippen LogP contribution is -2.31. The maximum Gasteiger partial charge on any atom is 0.360 e. The van der Waals surface area contributed by atoms with Crippen LogP contribution in [0.1, 0.15) is 13.8 Å². The van der Waals surface area contributed by atoms with E-state index in [1.54, 1.807) is 10.7 Å². The quantitative estimate of drug-likeness (QED) is 0.200. The van der Waals surface area contributed by atoms with Crippen molar-refractivity contribution in [2.24, 2.45) is 0 Å². The summed E-state index contributed by atoms with van der Waals surface area (Å²) in [5.41, 5.74) is 3.08. The van der Waals surface area contributed by atoms with Gasteiger partial charge in [0.25, 0.3) is 5.84 Å². The molecular weight excluding hydrogens is 384 g/mol. The third-order valence-electron chi connectivity index (χ3n) is 4.61. The first-order chi connectivity index (χ1) is 14.3. The summed E-state index contributed by atoms with van der Waals surface area (Å²) in [4.78, 5) is 7.58. The van der Waals surface area contributed by atoms with Crippen LogP contribution in [0.4, 0.5) is 0 Å². The van der Waals surface area contributed by atoms with Crippen LogP contribution in [0.3, 0.4) is 0 Å². The average Bonchev–Trinajstić information content (AvgIpc) is 3.29. The Hall–Kier alpha value is -3.82. The highest BCUT2D eigenvalue weighted by Gasteiger charge is 2.17. The van der Waals surface area contributed by atoms with Crippen LogP contribution in [0, 0.1) is 5.21 Å². The van der Waals surface area contributed by atoms with Crippen molar-refractivity contribution in [3.05, 3.63) is 53.7 Å². The summed E-state index contributed by atoms with van der Waals surface area (Å²) in [6, 6.07) is 15.0. The Bertz CT molecular complexity index is 1240. The third kappa shape index (κ3) is 4.27. The van der Waals surface area contributed by atoms with Crippen LogP contribution in [0.15, 0.2) is 48.5 Å². The Kier molecular flexibility index (Phi) is 6.05. The number of rotatable bonds is 1. The molecule has 0 N–H and O–H groups in total. The zero-order chi connectivity index (χ0) is 21.8. The predicted molar refractivity (Wildman–Crippen MR) is 114 cm³/mol. The second-order valence-electron chi connectivity index (χ2n) is 7.06. The van der Waals surface area contributed by atoms with Crippen LogP contribution < -0.4 is 9.68 Å². The molecule has 0 atom stereocenters. The van der Waals surface area contributed by atoms with Crippen molar-refractivity contribution in [3.8, 4) is 0 Å². The van der Waals surface area contributed by atoms with Crippen molar-refractivity contribution in [1.82, 2.24) is 25.1 Å². The average molecular weight is 410 g/mol. The van der Waals surface area contributed by atoms with Gasteiger partial charge < -0.3 is 5.21 Å². The number of para-hydroxylation sites is 3. The number of aromatic nitrogens is 6. The van der Waals surface area contributed by atoms with Crippen LogP contribution in [0.5, 0.6) is 0 Å². The largest absolute Gasteiger partial charge is 0.691 e. The second kappa shape index (κ2) is 8.68. The molecule has 0 fully saturated rings. The van der Waals surface area contributed by atoms with E-state index < -0.39 is 0 Å². The van der Waals surface area contributed by atoms with E-state index in [0.717, 1.165) is 28.3 Å². The molecule has 156 valence electrons. The first kappa shape index (κ1) is 20.9. The van der Waals surface area contributed by atoms with Gasteiger partial charge in [-0.1, -0.05) is 33.8 Å². The highest BCUT2D eigenvalue weighted by molar-refractivity contribution is 5.86. The number of benzene rings is 2. The Morgan fingerprint density at radius 1 is 0.933 bits per heavy atom. The van der Waals surface area contributed by atoms with Crippen LogP contribution in [-0.2, 0) is 0 Å². The molecule has 0 spiro atoms. The molecule has 0 aliphatic heterocycles. The van der Waals surface area contributed by atoms with E-state index in [2.05, 4.69) is 15.5 Å². The predicted octanol–water partition coefficient (Wildman–Crippen LogP) is 0.759. The number of hydrogen-bond acceptors (Lipinski definition) is 5. The fourth-order valence-corrected chi connectivity index (χ4v) is 2.53. The highest BCUT2D eigenvalue weighted by Crippen LogP contribution is 2.08. The molecule has 0 bridgehead atoms. The molecule has 4 aromatic rings. The summed E-state index contributed by atoms with van der Waals surface area (Å²) in [5.74, 6) is 1.66. The molecule has 30 heavy (non-hydrogen) atoms. The molecule has 2 aromatic carbocycles. The minimum absolute atomic E-state index is 0.582. The SMILES string of the molecule is CC(On1nnc2ccccc21)=[N+](C)C.CC(n1n[n+]([O-])c2ccccc21)=[N+](C)C. The van der Waals surface area contributed by atoms with Crippen molar-refractivity contribution >= 4 is 33.8 Å². The van der Waals surface area contributed by atoms with E-state index in [4.69, 9.17) is 4.84 Å². The van der Waals surface area contributed by atoms with Gasteiger partial charge in [0, 0.05) is 6.92 Å². The molecule has 2 aromatic heterocycles. The van der Waals surface area contributed by atoms with Gasteiger partial charge in [0.15, 0.2) is 0 Å². The van der Waals surface area contributed by atoms with Crippen molar-refractivity contribution in [3.63, 3.8) is 0 Å². The Morgan fingerprint density at radius 2 is 1.57 bits per heavy atom. The summed E-state index contributed by atoms with van der Waals surface area (Å²) >= 11 is 0. The molecule has 4 rings (SSSR count). The van der Waals surface area contributed by atoms with Crippen LogP contribution in [0.25, 0.3) is 22.1 Å². The number of fused-ring (bicyclic) bond motifs is 2. The Balaban J connectivity index is 0.000000171. The molecule has 0 aliphatic carbocycles. The van der Waals surface area contributed by atoms with Crippen molar-refractivity contribution in [2.45, 2.75) is 13.8 Å². The summed E-state index contributed by atoms with van der Waals surface area (Å²) in [7, 11) is 7.66. The lowest BCUT2D eigenvalue weighted by molar-refractivity contribution is -0.645. The molecule has 0 aliphatic rings. The van der Waals surface area contributed by atoms with E-state index in [1.165, 1.54) is 4.85 Å². The maximum absolute atomic E-state index is 11.5.